The minimum Gasteiger partial charge on any atom is -0.493 e. The molecule has 0 aliphatic heterocycles. The molecule has 3 rings (SSSR count). The van der Waals surface area contributed by atoms with Gasteiger partial charge in [-0.05, 0) is 29.8 Å². The van der Waals surface area contributed by atoms with Gasteiger partial charge in [0.15, 0.2) is 11.5 Å². The van der Waals surface area contributed by atoms with E-state index in [1.54, 1.807) is 31.8 Å². The molecule has 0 bridgehead atoms. The third kappa shape index (κ3) is 5.50. The molecule has 0 saturated heterocycles. The predicted molar refractivity (Wildman–Crippen MR) is 101 cm³/mol. The summed E-state index contributed by atoms with van der Waals surface area (Å²) in [6.45, 7) is 1.01. The van der Waals surface area contributed by atoms with Crippen molar-refractivity contribution in [3.05, 3.63) is 72.8 Å². The van der Waals surface area contributed by atoms with E-state index in [4.69, 9.17) is 14.2 Å². The van der Waals surface area contributed by atoms with Gasteiger partial charge in [0.1, 0.15) is 13.2 Å². The standard InChI is InChI=1S/C20H21N3O4/c1-25-18-8-7-16(14-23-10-9-21-15-23)13-19(18)26-11-12-27-20(24)22-17-5-3-2-4-6-17/h2-10,13,15H,11-12,14H2,1H3,(H,22,24). The van der Waals surface area contributed by atoms with E-state index in [1.165, 1.54) is 0 Å². The molecule has 0 unspecified atom stereocenters. The number of nitrogens with one attached hydrogen (secondary N) is 1. The maximum Gasteiger partial charge on any atom is 0.411 e. The smallest absolute Gasteiger partial charge is 0.411 e. The first-order chi connectivity index (χ1) is 13.2. The van der Waals surface area contributed by atoms with Crippen LogP contribution in [0.25, 0.3) is 0 Å². The predicted octanol–water partition coefficient (Wildman–Crippen LogP) is 3.57. The summed E-state index contributed by atoms with van der Waals surface area (Å²) >= 11 is 0. The van der Waals surface area contributed by atoms with Crippen LogP contribution in [0.1, 0.15) is 5.56 Å². The van der Waals surface area contributed by atoms with E-state index < -0.39 is 6.09 Å². The van der Waals surface area contributed by atoms with Crippen molar-refractivity contribution < 1.29 is 19.0 Å². The average Bonchev–Trinajstić information content (AvgIpc) is 3.19. The molecule has 1 heterocycles. The molecule has 0 fully saturated rings. The van der Waals surface area contributed by atoms with E-state index >= 15 is 0 Å². The van der Waals surface area contributed by atoms with Crippen LogP contribution < -0.4 is 14.8 Å². The van der Waals surface area contributed by atoms with Gasteiger partial charge < -0.3 is 18.8 Å². The second-order valence-corrected chi connectivity index (χ2v) is 5.70. The van der Waals surface area contributed by atoms with Gasteiger partial charge in [0.25, 0.3) is 0 Å². The lowest BCUT2D eigenvalue weighted by Gasteiger charge is -2.13. The normalized spacial score (nSPS) is 10.3. The molecule has 0 aliphatic carbocycles. The SMILES string of the molecule is COc1ccc(Cn2ccnc2)cc1OCCOC(=O)Nc1ccccc1. The minimum atomic E-state index is -0.523. The number of ether oxygens (including phenoxy) is 3. The lowest BCUT2D eigenvalue weighted by atomic mass is 10.2. The molecule has 1 N–H and O–H groups in total. The number of rotatable bonds is 8. The molecule has 27 heavy (non-hydrogen) atoms. The largest absolute Gasteiger partial charge is 0.493 e. The topological polar surface area (TPSA) is 74.6 Å². The maximum atomic E-state index is 11.8. The summed E-state index contributed by atoms with van der Waals surface area (Å²) in [5, 5.41) is 2.65. The third-order valence-corrected chi connectivity index (χ3v) is 3.75. The fourth-order valence-electron chi connectivity index (χ4n) is 2.48. The Kier molecular flexibility index (Phi) is 6.30. The number of amides is 1. The Bertz CT molecular complexity index is 851. The van der Waals surface area contributed by atoms with Crippen molar-refractivity contribution in [1.29, 1.82) is 0 Å². The number of carbonyl (C=O) groups excluding carboxylic acids is 1. The van der Waals surface area contributed by atoms with E-state index in [2.05, 4.69) is 10.3 Å². The molecule has 2 aromatic carbocycles. The number of carbonyl (C=O) groups is 1. The molecule has 0 aliphatic rings. The van der Waals surface area contributed by atoms with E-state index in [0.29, 0.717) is 23.7 Å². The van der Waals surface area contributed by atoms with Gasteiger partial charge in [-0.2, -0.15) is 0 Å². The van der Waals surface area contributed by atoms with Crippen LogP contribution in [0.3, 0.4) is 0 Å². The Balaban J connectivity index is 1.50. The lowest BCUT2D eigenvalue weighted by Crippen LogP contribution is -2.17. The van der Waals surface area contributed by atoms with Crippen molar-refractivity contribution in [2.75, 3.05) is 25.6 Å². The summed E-state index contributed by atoms with van der Waals surface area (Å²) < 4.78 is 18.2. The fourth-order valence-corrected chi connectivity index (χ4v) is 2.48. The number of imidazole rings is 1. The number of benzene rings is 2. The fraction of sp³-hybridized carbons (Fsp3) is 0.200. The Morgan fingerprint density at radius 2 is 1.96 bits per heavy atom. The van der Waals surface area contributed by atoms with Crippen molar-refractivity contribution in [2.45, 2.75) is 6.54 Å². The molecule has 7 nitrogen and oxygen atoms in total. The van der Waals surface area contributed by atoms with E-state index in [9.17, 15) is 4.79 Å². The molecule has 0 saturated carbocycles. The van der Waals surface area contributed by atoms with Gasteiger partial charge in [0, 0.05) is 24.6 Å². The van der Waals surface area contributed by atoms with Crippen molar-refractivity contribution in [1.82, 2.24) is 9.55 Å². The van der Waals surface area contributed by atoms with E-state index in [1.807, 2.05) is 47.2 Å². The van der Waals surface area contributed by atoms with Crippen molar-refractivity contribution in [2.24, 2.45) is 0 Å². The number of para-hydroxylation sites is 1. The van der Waals surface area contributed by atoms with Crippen LogP contribution >= 0.6 is 0 Å². The summed E-state index contributed by atoms with van der Waals surface area (Å²) in [6, 6.07) is 14.8. The Morgan fingerprint density at radius 3 is 2.70 bits per heavy atom. The Morgan fingerprint density at radius 1 is 1.11 bits per heavy atom. The Hall–Kier alpha value is -3.48. The van der Waals surface area contributed by atoms with Crippen molar-refractivity contribution in [3.8, 4) is 11.5 Å². The third-order valence-electron chi connectivity index (χ3n) is 3.75. The first-order valence-electron chi connectivity index (χ1n) is 8.49. The first-order valence-corrected chi connectivity index (χ1v) is 8.49. The summed E-state index contributed by atoms with van der Waals surface area (Å²) in [6.07, 6.45) is 4.86. The highest BCUT2D eigenvalue weighted by molar-refractivity contribution is 5.84. The van der Waals surface area contributed by atoms with Crippen LogP contribution in [-0.4, -0.2) is 36.0 Å². The number of hydrogen-bond donors (Lipinski definition) is 1. The van der Waals surface area contributed by atoms with Crippen LogP contribution in [0, 0.1) is 0 Å². The molecular weight excluding hydrogens is 346 g/mol. The molecule has 3 aromatic rings. The van der Waals surface area contributed by atoms with Crippen LogP contribution in [0.4, 0.5) is 10.5 Å². The average molecular weight is 367 g/mol. The van der Waals surface area contributed by atoms with Crippen molar-refractivity contribution >= 4 is 11.8 Å². The summed E-state index contributed by atoms with van der Waals surface area (Å²) in [5.74, 6) is 1.22. The van der Waals surface area contributed by atoms with E-state index in [-0.39, 0.29) is 13.2 Å². The van der Waals surface area contributed by atoms with Gasteiger partial charge in [0.2, 0.25) is 0 Å². The zero-order chi connectivity index (χ0) is 18.9. The molecule has 140 valence electrons. The van der Waals surface area contributed by atoms with Crippen molar-refractivity contribution in [3.63, 3.8) is 0 Å². The molecule has 1 aromatic heterocycles. The van der Waals surface area contributed by atoms with Gasteiger partial charge in [-0.25, -0.2) is 9.78 Å². The van der Waals surface area contributed by atoms with Gasteiger partial charge in [0.05, 0.1) is 13.4 Å². The van der Waals surface area contributed by atoms with Crippen LogP contribution in [0.2, 0.25) is 0 Å². The van der Waals surface area contributed by atoms with Gasteiger partial charge in [-0.3, -0.25) is 5.32 Å². The van der Waals surface area contributed by atoms with Crippen LogP contribution in [0.5, 0.6) is 11.5 Å². The van der Waals surface area contributed by atoms with E-state index in [0.717, 1.165) is 5.56 Å². The van der Waals surface area contributed by atoms with Crippen LogP contribution in [0.15, 0.2) is 67.3 Å². The molecule has 1 amide bonds. The highest BCUT2D eigenvalue weighted by Crippen LogP contribution is 2.28. The highest BCUT2D eigenvalue weighted by Gasteiger charge is 2.08. The maximum absolute atomic E-state index is 11.8. The molecule has 7 heteroatoms. The quantitative estimate of drug-likeness (QED) is 0.616. The molecule has 0 radical (unpaired) electrons. The lowest BCUT2D eigenvalue weighted by molar-refractivity contribution is 0.136. The molecule has 0 spiro atoms. The second-order valence-electron chi connectivity index (χ2n) is 5.70. The van der Waals surface area contributed by atoms with Crippen LogP contribution in [-0.2, 0) is 11.3 Å². The molecule has 0 atom stereocenters. The highest BCUT2D eigenvalue weighted by atomic mass is 16.6. The zero-order valence-corrected chi connectivity index (χ0v) is 15.0. The second kappa shape index (κ2) is 9.28. The number of anilines is 1. The number of hydrogen-bond acceptors (Lipinski definition) is 5. The first kappa shape index (κ1) is 18.3. The monoisotopic (exact) mass is 367 g/mol. The minimum absolute atomic E-state index is 0.119. The zero-order valence-electron chi connectivity index (χ0n) is 15.0. The number of nitrogens with zero attached hydrogens (tertiary/aromatic N) is 2. The summed E-state index contributed by atoms with van der Waals surface area (Å²) in [4.78, 5) is 15.8. The van der Waals surface area contributed by atoms with Gasteiger partial charge in [-0.15, -0.1) is 0 Å². The Labute approximate surface area is 157 Å². The number of methoxy groups -OCH3 is 1. The molecular formula is C20H21N3O4. The summed E-state index contributed by atoms with van der Waals surface area (Å²) in [5.41, 5.74) is 1.73. The summed E-state index contributed by atoms with van der Waals surface area (Å²) in [7, 11) is 1.58. The van der Waals surface area contributed by atoms with Gasteiger partial charge in [-0.1, -0.05) is 24.3 Å². The number of aromatic nitrogens is 2. The van der Waals surface area contributed by atoms with Gasteiger partial charge >= 0.3 is 6.09 Å².